The predicted octanol–water partition coefficient (Wildman–Crippen LogP) is 2.88. The molecule has 4 nitrogen and oxygen atoms in total. The van der Waals surface area contributed by atoms with E-state index in [2.05, 4.69) is 4.98 Å². The summed E-state index contributed by atoms with van der Waals surface area (Å²) in [4.78, 5) is 14.8. The van der Waals surface area contributed by atoms with Gasteiger partial charge in [0.2, 0.25) is 0 Å². The van der Waals surface area contributed by atoms with Gasteiger partial charge in [-0.05, 0) is 23.8 Å². The average molecular weight is 310 g/mol. The molecule has 1 aromatic heterocycles. The molecular formula is C14H12ClNO3S. The van der Waals surface area contributed by atoms with Crippen molar-refractivity contribution in [3.63, 3.8) is 0 Å². The van der Waals surface area contributed by atoms with E-state index in [4.69, 9.17) is 16.7 Å². The average Bonchev–Trinajstić information content (AvgIpc) is 2.41. The Morgan fingerprint density at radius 3 is 2.60 bits per heavy atom. The van der Waals surface area contributed by atoms with Gasteiger partial charge >= 0.3 is 5.97 Å². The Morgan fingerprint density at radius 1 is 1.15 bits per heavy atom. The lowest BCUT2D eigenvalue weighted by atomic mass is 10.2. The maximum atomic E-state index is 12.1. The van der Waals surface area contributed by atoms with Crippen molar-refractivity contribution in [3.8, 4) is 0 Å². The lowest BCUT2D eigenvalue weighted by Gasteiger charge is -2.05. The van der Waals surface area contributed by atoms with Crippen molar-refractivity contribution in [2.24, 2.45) is 0 Å². The van der Waals surface area contributed by atoms with Crippen LogP contribution in [0.15, 0.2) is 42.5 Å². The van der Waals surface area contributed by atoms with Crippen molar-refractivity contribution in [1.82, 2.24) is 4.98 Å². The normalized spacial score (nSPS) is 12.1. The van der Waals surface area contributed by atoms with Crippen LogP contribution in [0, 0.1) is 0 Å². The molecule has 1 N–H and O–H groups in total. The maximum absolute atomic E-state index is 12.1. The van der Waals surface area contributed by atoms with Crippen LogP contribution in [-0.2, 0) is 22.3 Å². The fourth-order valence-electron chi connectivity index (χ4n) is 1.68. The molecule has 0 saturated carbocycles. The molecule has 2 rings (SSSR count). The van der Waals surface area contributed by atoms with Gasteiger partial charge in [-0.25, -0.2) is 9.78 Å². The minimum atomic E-state index is -1.19. The number of hydrogen-bond acceptors (Lipinski definition) is 3. The number of aromatic nitrogens is 1. The maximum Gasteiger partial charge on any atom is 0.354 e. The SMILES string of the molecule is O=C(O)c1cccc(CS(=O)Cc2ccccc2Cl)n1. The van der Waals surface area contributed by atoms with Gasteiger partial charge in [0.15, 0.2) is 0 Å². The van der Waals surface area contributed by atoms with Crippen molar-refractivity contribution in [2.75, 3.05) is 0 Å². The predicted molar refractivity (Wildman–Crippen MR) is 78.2 cm³/mol. The highest BCUT2D eigenvalue weighted by molar-refractivity contribution is 7.83. The standard InChI is InChI=1S/C14H12ClNO3S/c15-12-6-2-1-4-10(12)8-20(19)9-11-5-3-7-13(16-11)14(17)18/h1-7H,8-9H2,(H,17,18). The number of nitrogens with zero attached hydrogens (tertiary/aromatic N) is 1. The van der Waals surface area contributed by atoms with Gasteiger partial charge in [0.25, 0.3) is 0 Å². The van der Waals surface area contributed by atoms with Crippen molar-refractivity contribution in [1.29, 1.82) is 0 Å². The largest absolute Gasteiger partial charge is 0.477 e. The van der Waals surface area contributed by atoms with Gasteiger partial charge in [0.1, 0.15) is 5.69 Å². The van der Waals surface area contributed by atoms with Gasteiger partial charge in [-0.2, -0.15) is 0 Å². The van der Waals surface area contributed by atoms with Crippen molar-refractivity contribution >= 4 is 28.4 Å². The van der Waals surface area contributed by atoms with Crippen LogP contribution in [0.4, 0.5) is 0 Å². The lowest BCUT2D eigenvalue weighted by molar-refractivity contribution is 0.0690. The first-order valence-electron chi connectivity index (χ1n) is 5.84. The number of aromatic carboxylic acids is 1. The summed E-state index contributed by atoms with van der Waals surface area (Å²) in [6.45, 7) is 0. The second kappa shape index (κ2) is 6.63. The van der Waals surface area contributed by atoms with Gasteiger partial charge in [-0.3, -0.25) is 4.21 Å². The van der Waals surface area contributed by atoms with Crippen LogP contribution in [0.3, 0.4) is 0 Å². The van der Waals surface area contributed by atoms with E-state index in [0.717, 1.165) is 5.56 Å². The van der Waals surface area contributed by atoms with Crippen LogP contribution in [0.2, 0.25) is 5.02 Å². The van der Waals surface area contributed by atoms with Crippen LogP contribution in [0.1, 0.15) is 21.7 Å². The van der Waals surface area contributed by atoms with E-state index in [9.17, 15) is 9.00 Å². The first kappa shape index (κ1) is 14.7. The topological polar surface area (TPSA) is 67.3 Å². The molecule has 2 aromatic rings. The van der Waals surface area contributed by atoms with Crippen molar-refractivity contribution in [2.45, 2.75) is 11.5 Å². The van der Waals surface area contributed by atoms with Crippen LogP contribution in [-0.4, -0.2) is 20.3 Å². The fraction of sp³-hybridized carbons (Fsp3) is 0.143. The van der Waals surface area contributed by atoms with Gasteiger partial charge in [0, 0.05) is 15.8 Å². The van der Waals surface area contributed by atoms with E-state index in [1.807, 2.05) is 18.2 Å². The number of pyridine rings is 1. The van der Waals surface area contributed by atoms with E-state index >= 15 is 0 Å². The summed E-state index contributed by atoms with van der Waals surface area (Å²) in [5.41, 5.74) is 1.26. The number of carboxylic acids is 1. The molecule has 0 fully saturated rings. The molecule has 0 spiro atoms. The molecule has 0 aliphatic heterocycles. The third-order valence-corrected chi connectivity index (χ3v) is 4.23. The summed E-state index contributed by atoms with van der Waals surface area (Å²) in [6.07, 6.45) is 0. The molecule has 1 aromatic carbocycles. The number of carboxylic acid groups (broad SMARTS) is 1. The number of rotatable bonds is 5. The summed E-state index contributed by atoms with van der Waals surface area (Å²) < 4.78 is 12.1. The zero-order valence-corrected chi connectivity index (χ0v) is 12.0. The molecule has 0 bridgehead atoms. The number of carbonyl (C=O) groups is 1. The quantitative estimate of drug-likeness (QED) is 0.922. The van der Waals surface area contributed by atoms with Crippen LogP contribution in [0.25, 0.3) is 0 Å². The monoisotopic (exact) mass is 309 g/mol. The van der Waals surface area contributed by atoms with Crippen LogP contribution in [0.5, 0.6) is 0 Å². The Morgan fingerprint density at radius 2 is 1.90 bits per heavy atom. The van der Waals surface area contributed by atoms with Gasteiger partial charge in [-0.15, -0.1) is 0 Å². The molecular weight excluding hydrogens is 298 g/mol. The smallest absolute Gasteiger partial charge is 0.354 e. The molecule has 0 saturated heterocycles. The van der Waals surface area contributed by atoms with E-state index in [0.29, 0.717) is 16.5 Å². The Labute approximate surface area is 123 Å². The molecule has 104 valence electrons. The highest BCUT2D eigenvalue weighted by Gasteiger charge is 2.09. The minimum absolute atomic E-state index is 0.0442. The number of hydrogen-bond donors (Lipinski definition) is 1. The molecule has 1 heterocycles. The van der Waals surface area contributed by atoms with Crippen LogP contribution >= 0.6 is 11.6 Å². The van der Waals surface area contributed by atoms with Crippen molar-refractivity contribution in [3.05, 3.63) is 64.4 Å². The van der Waals surface area contributed by atoms with Gasteiger partial charge < -0.3 is 5.11 Å². The third-order valence-electron chi connectivity index (χ3n) is 2.61. The highest BCUT2D eigenvalue weighted by atomic mass is 35.5. The molecule has 0 aliphatic carbocycles. The molecule has 1 atom stereocenters. The summed E-state index contributed by atoms with van der Waals surface area (Å²) in [5.74, 6) is -0.575. The Balaban J connectivity index is 2.07. The zero-order valence-electron chi connectivity index (χ0n) is 10.5. The lowest BCUT2D eigenvalue weighted by Crippen LogP contribution is -2.06. The third kappa shape index (κ3) is 3.88. The minimum Gasteiger partial charge on any atom is -0.477 e. The summed E-state index contributed by atoms with van der Waals surface area (Å²) >= 11 is 6.01. The molecule has 6 heteroatoms. The van der Waals surface area contributed by atoms with E-state index in [1.165, 1.54) is 6.07 Å². The van der Waals surface area contributed by atoms with Crippen LogP contribution < -0.4 is 0 Å². The summed E-state index contributed by atoms with van der Waals surface area (Å²) in [6, 6.07) is 11.9. The second-order valence-corrected chi connectivity index (χ2v) is 6.00. The first-order valence-corrected chi connectivity index (χ1v) is 7.70. The van der Waals surface area contributed by atoms with Gasteiger partial charge in [0.05, 0.1) is 17.2 Å². The highest BCUT2D eigenvalue weighted by Crippen LogP contribution is 2.17. The van der Waals surface area contributed by atoms with Gasteiger partial charge in [-0.1, -0.05) is 35.9 Å². The fourth-order valence-corrected chi connectivity index (χ4v) is 3.16. The first-order chi connectivity index (χ1) is 9.56. The molecule has 20 heavy (non-hydrogen) atoms. The number of halogens is 1. The molecule has 0 amide bonds. The van der Waals surface area contributed by atoms with E-state index in [-0.39, 0.29) is 11.4 Å². The summed E-state index contributed by atoms with van der Waals surface area (Å²) in [5, 5.41) is 9.44. The Bertz CT molecular complexity index is 660. The molecule has 0 radical (unpaired) electrons. The van der Waals surface area contributed by atoms with E-state index < -0.39 is 16.8 Å². The molecule has 1 unspecified atom stereocenters. The number of benzene rings is 1. The van der Waals surface area contributed by atoms with E-state index in [1.54, 1.807) is 18.2 Å². The molecule has 0 aliphatic rings. The Kier molecular flexibility index (Phi) is 4.87. The zero-order chi connectivity index (χ0) is 14.5. The Hall–Kier alpha value is -1.72. The summed E-state index contributed by atoms with van der Waals surface area (Å²) in [7, 11) is -1.19. The van der Waals surface area contributed by atoms with Crippen molar-refractivity contribution < 1.29 is 14.1 Å². The second-order valence-electron chi connectivity index (χ2n) is 4.14.